The lowest BCUT2D eigenvalue weighted by Crippen LogP contribution is -2.04. The number of alkyl halides is 3. The van der Waals surface area contributed by atoms with E-state index >= 15 is 0 Å². The van der Waals surface area contributed by atoms with Crippen LogP contribution in [0.5, 0.6) is 0 Å². The van der Waals surface area contributed by atoms with Gasteiger partial charge in [0.25, 0.3) is 0 Å². The monoisotopic (exact) mass is 283 g/mol. The van der Waals surface area contributed by atoms with Crippen molar-refractivity contribution in [1.82, 2.24) is 0 Å². The Hall–Kier alpha value is -1.75. The van der Waals surface area contributed by atoms with Crippen LogP contribution in [0, 0.1) is 0 Å². The van der Waals surface area contributed by atoms with Crippen molar-refractivity contribution in [2.45, 2.75) is 25.4 Å². The molecule has 1 heterocycles. The molecule has 1 unspecified atom stereocenters. The van der Waals surface area contributed by atoms with Gasteiger partial charge >= 0.3 is 6.18 Å². The van der Waals surface area contributed by atoms with E-state index in [1.54, 1.807) is 18.2 Å². The van der Waals surface area contributed by atoms with Crippen LogP contribution in [0.2, 0.25) is 0 Å². The van der Waals surface area contributed by atoms with Crippen molar-refractivity contribution in [3.8, 4) is 11.3 Å². The molecule has 0 spiro atoms. The van der Waals surface area contributed by atoms with Gasteiger partial charge in [-0.1, -0.05) is 19.1 Å². The van der Waals surface area contributed by atoms with Crippen molar-refractivity contribution in [2.75, 3.05) is 6.54 Å². The maximum absolute atomic E-state index is 12.7. The molecule has 0 aliphatic carbocycles. The molecule has 0 aliphatic heterocycles. The fraction of sp³-hybridized carbons (Fsp3) is 0.333. The topological polar surface area (TPSA) is 39.2 Å². The van der Waals surface area contributed by atoms with E-state index in [0.29, 0.717) is 17.9 Å². The average Bonchev–Trinajstić information content (AvgIpc) is 2.88. The summed E-state index contributed by atoms with van der Waals surface area (Å²) in [6.45, 7) is 2.52. The van der Waals surface area contributed by atoms with Crippen LogP contribution < -0.4 is 5.73 Å². The van der Waals surface area contributed by atoms with Gasteiger partial charge in [0.1, 0.15) is 11.5 Å². The summed E-state index contributed by atoms with van der Waals surface area (Å²) in [6, 6.07) is 8.60. The van der Waals surface area contributed by atoms with E-state index in [2.05, 4.69) is 0 Å². The maximum Gasteiger partial charge on any atom is 0.416 e. The maximum atomic E-state index is 12.7. The Morgan fingerprint density at radius 3 is 2.60 bits per heavy atom. The Balaban J connectivity index is 2.28. The minimum absolute atomic E-state index is 0.152. The Kier molecular flexibility index (Phi) is 4.18. The van der Waals surface area contributed by atoms with E-state index in [9.17, 15) is 13.2 Å². The van der Waals surface area contributed by atoms with Gasteiger partial charge in [0.15, 0.2) is 0 Å². The molecule has 5 heteroatoms. The van der Waals surface area contributed by atoms with Crippen LogP contribution >= 0.6 is 0 Å². The molecule has 20 heavy (non-hydrogen) atoms. The van der Waals surface area contributed by atoms with Crippen molar-refractivity contribution < 1.29 is 17.6 Å². The summed E-state index contributed by atoms with van der Waals surface area (Å²) in [4.78, 5) is 0. The SMILES string of the molecule is CC(CCN)c1ccc(-c2cccc(C(F)(F)F)c2)o1. The molecule has 108 valence electrons. The molecule has 1 atom stereocenters. The summed E-state index contributed by atoms with van der Waals surface area (Å²) in [5.74, 6) is 1.33. The molecule has 0 fully saturated rings. The van der Waals surface area contributed by atoms with Crippen LogP contribution in [0.3, 0.4) is 0 Å². The zero-order valence-electron chi connectivity index (χ0n) is 11.1. The molecular formula is C15H16F3NO. The summed E-state index contributed by atoms with van der Waals surface area (Å²) >= 11 is 0. The number of nitrogens with two attached hydrogens (primary N) is 1. The van der Waals surface area contributed by atoms with Crippen molar-refractivity contribution in [3.63, 3.8) is 0 Å². The lowest BCUT2D eigenvalue weighted by Gasteiger charge is -2.08. The quantitative estimate of drug-likeness (QED) is 0.902. The van der Waals surface area contributed by atoms with Crippen LogP contribution in [0.25, 0.3) is 11.3 Å². The van der Waals surface area contributed by atoms with E-state index in [1.807, 2.05) is 6.92 Å². The highest BCUT2D eigenvalue weighted by atomic mass is 19.4. The van der Waals surface area contributed by atoms with Crippen molar-refractivity contribution in [2.24, 2.45) is 5.73 Å². The second kappa shape index (κ2) is 5.71. The highest BCUT2D eigenvalue weighted by Crippen LogP contribution is 2.33. The summed E-state index contributed by atoms with van der Waals surface area (Å²) in [5.41, 5.74) is 5.23. The van der Waals surface area contributed by atoms with Gasteiger partial charge in [0.05, 0.1) is 5.56 Å². The number of rotatable bonds is 4. The van der Waals surface area contributed by atoms with Gasteiger partial charge in [-0.15, -0.1) is 0 Å². The molecule has 0 saturated heterocycles. The normalized spacial score (nSPS) is 13.4. The molecule has 0 aliphatic rings. The predicted octanol–water partition coefficient (Wildman–Crippen LogP) is 4.42. The molecule has 1 aromatic carbocycles. The van der Waals surface area contributed by atoms with Crippen LogP contribution in [-0.2, 0) is 6.18 Å². The van der Waals surface area contributed by atoms with Gasteiger partial charge < -0.3 is 10.2 Å². The fourth-order valence-corrected chi connectivity index (χ4v) is 2.01. The summed E-state index contributed by atoms with van der Waals surface area (Å²) < 4.78 is 43.6. The van der Waals surface area contributed by atoms with Gasteiger partial charge in [-0.25, -0.2) is 0 Å². The van der Waals surface area contributed by atoms with E-state index < -0.39 is 11.7 Å². The zero-order valence-corrected chi connectivity index (χ0v) is 11.1. The molecule has 0 radical (unpaired) electrons. The Labute approximate surface area is 115 Å². The molecule has 2 rings (SSSR count). The first-order valence-electron chi connectivity index (χ1n) is 6.39. The number of hydrogen-bond acceptors (Lipinski definition) is 2. The van der Waals surface area contributed by atoms with E-state index in [1.165, 1.54) is 6.07 Å². The molecular weight excluding hydrogens is 267 g/mol. The molecule has 2 aromatic rings. The first kappa shape index (κ1) is 14.7. The van der Waals surface area contributed by atoms with Crippen molar-refractivity contribution >= 4 is 0 Å². The lowest BCUT2D eigenvalue weighted by molar-refractivity contribution is -0.137. The third-order valence-corrected chi connectivity index (χ3v) is 3.19. The molecule has 2 nitrogen and oxygen atoms in total. The second-order valence-electron chi connectivity index (χ2n) is 4.76. The smallest absolute Gasteiger partial charge is 0.416 e. The number of furan rings is 1. The number of benzene rings is 1. The summed E-state index contributed by atoms with van der Waals surface area (Å²) in [7, 11) is 0. The van der Waals surface area contributed by atoms with Crippen LogP contribution in [-0.4, -0.2) is 6.54 Å². The third-order valence-electron chi connectivity index (χ3n) is 3.19. The standard InChI is InChI=1S/C15H16F3NO/c1-10(7-8-19)13-5-6-14(20-13)11-3-2-4-12(9-11)15(16,17)18/h2-6,9-10H,7-8,19H2,1H3. The largest absolute Gasteiger partial charge is 0.461 e. The highest BCUT2D eigenvalue weighted by Gasteiger charge is 2.30. The third kappa shape index (κ3) is 3.22. The number of halogens is 3. The number of hydrogen-bond donors (Lipinski definition) is 1. The van der Waals surface area contributed by atoms with Gasteiger partial charge in [-0.05, 0) is 37.2 Å². The van der Waals surface area contributed by atoms with Gasteiger partial charge in [0, 0.05) is 11.5 Å². The first-order valence-corrected chi connectivity index (χ1v) is 6.39. The Morgan fingerprint density at radius 1 is 1.20 bits per heavy atom. The van der Waals surface area contributed by atoms with Crippen molar-refractivity contribution in [1.29, 1.82) is 0 Å². The highest BCUT2D eigenvalue weighted by molar-refractivity contribution is 5.59. The van der Waals surface area contributed by atoms with E-state index in [-0.39, 0.29) is 5.92 Å². The fourth-order valence-electron chi connectivity index (χ4n) is 2.01. The molecule has 2 N–H and O–H groups in total. The first-order chi connectivity index (χ1) is 9.41. The Morgan fingerprint density at radius 2 is 1.95 bits per heavy atom. The minimum Gasteiger partial charge on any atom is -0.461 e. The van der Waals surface area contributed by atoms with Crippen LogP contribution in [0.1, 0.15) is 30.6 Å². The molecule has 0 bridgehead atoms. The lowest BCUT2D eigenvalue weighted by atomic mass is 10.1. The average molecular weight is 283 g/mol. The van der Waals surface area contributed by atoms with E-state index in [0.717, 1.165) is 24.3 Å². The zero-order chi connectivity index (χ0) is 14.8. The molecule has 0 saturated carbocycles. The second-order valence-corrected chi connectivity index (χ2v) is 4.76. The summed E-state index contributed by atoms with van der Waals surface area (Å²) in [6.07, 6.45) is -3.58. The van der Waals surface area contributed by atoms with Crippen molar-refractivity contribution in [3.05, 3.63) is 47.7 Å². The minimum atomic E-state index is -4.35. The van der Waals surface area contributed by atoms with Gasteiger partial charge in [-0.3, -0.25) is 0 Å². The molecule has 1 aromatic heterocycles. The predicted molar refractivity (Wildman–Crippen MR) is 71.2 cm³/mol. The van der Waals surface area contributed by atoms with Gasteiger partial charge in [0.2, 0.25) is 0 Å². The van der Waals surface area contributed by atoms with Crippen LogP contribution in [0.4, 0.5) is 13.2 Å². The van der Waals surface area contributed by atoms with Crippen LogP contribution in [0.15, 0.2) is 40.8 Å². The van der Waals surface area contributed by atoms with E-state index in [4.69, 9.17) is 10.2 Å². The van der Waals surface area contributed by atoms with Gasteiger partial charge in [-0.2, -0.15) is 13.2 Å². The molecule has 0 amide bonds. The Bertz CT molecular complexity index is 574. The summed E-state index contributed by atoms with van der Waals surface area (Å²) in [5, 5.41) is 0.